The number of likely N-dealkylation sites (N-methyl/N-ethyl adjacent to an activating group) is 1. The van der Waals surface area contributed by atoms with Gasteiger partial charge in [0.1, 0.15) is 13.2 Å². The molecule has 0 saturated carbocycles. The Labute approximate surface area is 482 Å². The number of carbonyl (C=O) groups excluding carboxylic acids is 3. The normalized spacial score (nSPS) is 14.0. The number of hydrogen-bond donors (Lipinski definition) is 0. The lowest BCUT2D eigenvalue weighted by Crippen LogP contribution is -2.44. The van der Waals surface area contributed by atoms with Gasteiger partial charge >= 0.3 is 11.9 Å². The van der Waals surface area contributed by atoms with Gasteiger partial charge in [-0.25, -0.2) is 0 Å². The van der Waals surface area contributed by atoms with E-state index >= 15 is 0 Å². The third-order valence-corrected chi connectivity index (χ3v) is 12.0. The molecule has 0 amide bonds. The third-order valence-electron chi connectivity index (χ3n) is 12.0. The van der Waals surface area contributed by atoms with Crippen molar-refractivity contribution in [2.45, 2.75) is 206 Å². The first-order valence-corrected chi connectivity index (χ1v) is 30.3. The quantitative estimate of drug-likeness (QED) is 0.0195. The second-order valence-electron chi connectivity index (χ2n) is 20.5. The van der Waals surface area contributed by atoms with Gasteiger partial charge in [-0.3, -0.25) is 9.59 Å². The Balaban J connectivity index is 4.31. The number of quaternary nitrogens is 1. The van der Waals surface area contributed by atoms with Gasteiger partial charge < -0.3 is 33.3 Å². The summed E-state index contributed by atoms with van der Waals surface area (Å²) in [4.78, 5) is 37.3. The molecule has 9 nitrogen and oxygen atoms in total. The lowest BCUT2D eigenvalue weighted by atomic mass is 10.0. The first-order valence-electron chi connectivity index (χ1n) is 30.3. The van der Waals surface area contributed by atoms with Crippen LogP contribution >= 0.6 is 0 Å². The van der Waals surface area contributed by atoms with Crippen molar-refractivity contribution in [2.75, 3.05) is 47.5 Å². The SMILES string of the molecule is CC/C=C\C/C=C\C/C=C\C/C=C\C/C=C\C/C=C\C/C=C\C/C=C\CCCCCCCCCCCCC(=O)OC(COC(=O)CC/C=C\C/C=C\C/C=C\C/C=C\C/C=C\C/C=C\CC)COC(OCC[N+](C)(C)C)C(=O)[O-]. The predicted molar refractivity (Wildman–Crippen MR) is 333 cm³/mol. The summed E-state index contributed by atoms with van der Waals surface area (Å²) in [7, 11) is 5.88. The van der Waals surface area contributed by atoms with E-state index in [1.807, 2.05) is 33.3 Å². The summed E-state index contributed by atoms with van der Waals surface area (Å²) in [5.41, 5.74) is 0. The van der Waals surface area contributed by atoms with Crippen LogP contribution in [0.2, 0.25) is 0 Å². The van der Waals surface area contributed by atoms with Crippen LogP contribution in [0, 0.1) is 0 Å². The van der Waals surface area contributed by atoms with E-state index in [1.165, 1.54) is 38.5 Å². The minimum atomic E-state index is -1.65. The molecule has 0 aromatic carbocycles. The molecule has 0 N–H and O–H groups in total. The zero-order valence-electron chi connectivity index (χ0n) is 50.2. The molecule has 0 aromatic rings. The molecule has 0 rings (SSSR count). The van der Waals surface area contributed by atoms with Crippen molar-refractivity contribution in [3.63, 3.8) is 0 Å². The fourth-order valence-corrected chi connectivity index (χ4v) is 7.40. The number of carboxylic acids is 1. The first kappa shape index (κ1) is 73.7. The molecular formula is C70H109NO8. The van der Waals surface area contributed by atoms with Crippen molar-refractivity contribution in [2.24, 2.45) is 0 Å². The lowest BCUT2D eigenvalue weighted by Gasteiger charge is -2.26. The monoisotopic (exact) mass is 1090 g/mol. The van der Waals surface area contributed by atoms with E-state index in [2.05, 4.69) is 172 Å². The minimum absolute atomic E-state index is 0.126. The Morgan fingerprint density at radius 1 is 0.380 bits per heavy atom. The average molecular weight is 1090 g/mol. The van der Waals surface area contributed by atoms with Gasteiger partial charge in [-0.1, -0.05) is 235 Å². The van der Waals surface area contributed by atoms with Crippen molar-refractivity contribution in [3.05, 3.63) is 170 Å². The summed E-state index contributed by atoms with van der Waals surface area (Å²) in [5, 5.41) is 11.8. The average Bonchev–Trinajstić information content (AvgIpc) is 3.42. The minimum Gasteiger partial charge on any atom is -0.545 e. The fourth-order valence-electron chi connectivity index (χ4n) is 7.40. The van der Waals surface area contributed by atoms with Crippen LogP contribution < -0.4 is 5.11 Å². The number of hydrogen-bond acceptors (Lipinski definition) is 8. The molecule has 0 aliphatic rings. The Hall–Kier alpha value is -5.35. The molecule has 0 radical (unpaired) electrons. The maximum absolute atomic E-state index is 12.9. The van der Waals surface area contributed by atoms with Crippen molar-refractivity contribution in [1.82, 2.24) is 0 Å². The number of ether oxygens (including phenoxy) is 4. The van der Waals surface area contributed by atoms with Crippen molar-refractivity contribution >= 4 is 17.9 Å². The highest BCUT2D eigenvalue weighted by molar-refractivity contribution is 5.70. The Bertz CT molecular complexity index is 1900. The van der Waals surface area contributed by atoms with Crippen molar-refractivity contribution < 1.29 is 42.9 Å². The molecule has 0 saturated heterocycles. The second-order valence-corrected chi connectivity index (χ2v) is 20.5. The van der Waals surface area contributed by atoms with E-state index < -0.39 is 30.3 Å². The summed E-state index contributed by atoms with van der Waals surface area (Å²) in [5.74, 6) is -2.42. The number of allylic oxidation sites excluding steroid dienone is 28. The Morgan fingerprint density at radius 3 is 1.06 bits per heavy atom. The molecule has 0 spiro atoms. The molecule has 0 heterocycles. The van der Waals surface area contributed by atoms with E-state index in [0.29, 0.717) is 23.9 Å². The molecule has 9 heteroatoms. The van der Waals surface area contributed by atoms with Gasteiger partial charge in [-0.05, 0) is 116 Å². The van der Waals surface area contributed by atoms with Gasteiger partial charge in [0, 0.05) is 12.8 Å². The van der Waals surface area contributed by atoms with Gasteiger partial charge in [-0.2, -0.15) is 0 Å². The van der Waals surface area contributed by atoms with Gasteiger partial charge in [0.25, 0.3) is 0 Å². The van der Waals surface area contributed by atoms with E-state index in [-0.39, 0.29) is 32.7 Å². The Kier molecular flexibility index (Phi) is 54.8. The van der Waals surface area contributed by atoms with Gasteiger partial charge in [0.05, 0.1) is 40.3 Å². The molecule has 0 fully saturated rings. The summed E-state index contributed by atoms with van der Waals surface area (Å²) in [6, 6.07) is 0. The number of rotatable bonds is 53. The van der Waals surface area contributed by atoms with Crippen LogP contribution in [0.4, 0.5) is 0 Å². The van der Waals surface area contributed by atoms with Crippen molar-refractivity contribution in [1.29, 1.82) is 0 Å². The molecule has 2 atom stereocenters. The largest absolute Gasteiger partial charge is 0.545 e. The molecular weight excluding hydrogens is 983 g/mol. The molecule has 0 bridgehead atoms. The highest BCUT2D eigenvalue weighted by atomic mass is 16.7. The lowest BCUT2D eigenvalue weighted by molar-refractivity contribution is -0.870. The summed E-state index contributed by atoms with van der Waals surface area (Å²) in [6.07, 6.45) is 85.7. The number of unbranched alkanes of at least 4 members (excludes halogenated alkanes) is 10. The third kappa shape index (κ3) is 60.1. The maximum atomic E-state index is 12.9. The van der Waals surface area contributed by atoms with E-state index in [9.17, 15) is 19.5 Å². The molecule has 2 unspecified atom stereocenters. The summed E-state index contributed by atoms with van der Waals surface area (Å²) in [6.45, 7) is 4.39. The van der Waals surface area contributed by atoms with Crippen LogP contribution in [0.5, 0.6) is 0 Å². The van der Waals surface area contributed by atoms with Crippen LogP contribution in [-0.2, 0) is 33.3 Å². The second kappa shape index (κ2) is 58.8. The molecule has 0 aliphatic carbocycles. The Morgan fingerprint density at radius 2 is 0.709 bits per heavy atom. The summed E-state index contributed by atoms with van der Waals surface area (Å²) < 4.78 is 22.6. The van der Waals surface area contributed by atoms with Gasteiger partial charge in [0.15, 0.2) is 12.4 Å². The molecule has 0 aliphatic heterocycles. The van der Waals surface area contributed by atoms with E-state index in [4.69, 9.17) is 18.9 Å². The molecule has 0 aromatic heterocycles. The van der Waals surface area contributed by atoms with Crippen LogP contribution in [0.15, 0.2) is 170 Å². The zero-order chi connectivity index (χ0) is 57.6. The smallest absolute Gasteiger partial charge is 0.306 e. The fraction of sp³-hybridized carbons (Fsp3) is 0.557. The number of carbonyl (C=O) groups is 3. The van der Waals surface area contributed by atoms with Crippen LogP contribution in [0.1, 0.15) is 194 Å². The number of nitrogens with zero attached hydrogens (tertiary/aromatic N) is 1. The summed E-state index contributed by atoms with van der Waals surface area (Å²) >= 11 is 0. The number of carboxylic acid groups (broad SMARTS) is 1. The van der Waals surface area contributed by atoms with Crippen molar-refractivity contribution in [3.8, 4) is 0 Å². The van der Waals surface area contributed by atoms with Crippen LogP contribution in [-0.4, -0.2) is 82.3 Å². The zero-order valence-corrected chi connectivity index (χ0v) is 50.2. The first-order chi connectivity index (χ1) is 38.6. The predicted octanol–water partition coefficient (Wildman–Crippen LogP) is 17.0. The number of esters is 2. The topological polar surface area (TPSA) is 111 Å². The highest BCUT2D eigenvalue weighted by Gasteiger charge is 2.21. The number of aliphatic carboxylic acids is 1. The molecule has 442 valence electrons. The van der Waals surface area contributed by atoms with Crippen LogP contribution in [0.25, 0.3) is 0 Å². The van der Waals surface area contributed by atoms with Crippen LogP contribution in [0.3, 0.4) is 0 Å². The van der Waals surface area contributed by atoms with E-state index in [1.54, 1.807) is 0 Å². The highest BCUT2D eigenvalue weighted by Crippen LogP contribution is 2.14. The van der Waals surface area contributed by atoms with E-state index in [0.717, 1.165) is 116 Å². The standard InChI is InChI=1S/C70H109NO8/c1-6-8-10-12-14-16-18-20-22-24-26-27-28-29-30-31-32-33-34-35-36-37-38-39-40-41-43-45-47-49-51-53-55-57-59-61-68(73)79-66(65-78-70(69(74)75)76-63-62-71(3,4)5)64-77-67(72)60-58-56-54-52-50-48-46-44-42-25-23-21-19-17-15-13-11-9-7-2/h8-11,14-17,20-23,26-27,29-30,32-33,35-36,38-39,42,44,48,50,54,56,66,70H,6-7,12-13,18-19,24-25,28,31,34,37,40-41,43,45-47,49,51-53,55,57-65H2,1-5H3/b10-8-,11-9-,16-14-,17-15-,22-20-,23-21-,27-26-,30-29-,33-32-,36-35-,39-38-,44-42-,50-48-,56-54-. The molecule has 79 heavy (non-hydrogen) atoms. The maximum Gasteiger partial charge on any atom is 0.306 e. The van der Waals surface area contributed by atoms with Gasteiger partial charge in [-0.15, -0.1) is 0 Å². The van der Waals surface area contributed by atoms with Gasteiger partial charge in [0.2, 0.25) is 0 Å².